The molecule has 0 bridgehead atoms. The van der Waals surface area contributed by atoms with Gasteiger partial charge in [-0.05, 0) is 33.5 Å². The molecule has 2 aromatic rings. The molecule has 0 fully saturated rings. The van der Waals surface area contributed by atoms with Gasteiger partial charge < -0.3 is 0 Å². The molecule has 0 aliphatic carbocycles. The molecule has 96 valence electrons. The molecule has 0 aliphatic rings. The van der Waals surface area contributed by atoms with Crippen molar-refractivity contribution in [3.63, 3.8) is 0 Å². The number of halogens is 2. The number of rotatable bonds is 3. The molecule has 1 aromatic carbocycles. The first-order valence-electron chi connectivity index (χ1n) is 5.72. The summed E-state index contributed by atoms with van der Waals surface area (Å²) in [7, 11) is 0. The van der Waals surface area contributed by atoms with Crippen LogP contribution in [0.3, 0.4) is 0 Å². The lowest BCUT2D eigenvalue weighted by Gasteiger charge is -2.05. The highest BCUT2D eigenvalue weighted by molar-refractivity contribution is 9.10. The van der Waals surface area contributed by atoms with Crippen LogP contribution in [0.25, 0.3) is 0 Å². The molecule has 0 atom stereocenters. The van der Waals surface area contributed by atoms with Gasteiger partial charge in [0.05, 0.1) is 12.2 Å². The predicted octanol–water partition coefficient (Wildman–Crippen LogP) is 3.87. The lowest BCUT2D eigenvalue weighted by molar-refractivity contribution is 0.638. The fraction of sp³-hybridized carbons (Fsp3) is 0.308. The first-order chi connectivity index (χ1) is 8.50. The molecule has 0 radical (unpaired) electrons. The molecule has 5 heteroatoms. The lowest BCUT2D eigenvalue weighted by atomic mass is 10.1. The molecule has 1 N–H and O–H groups in total. The molecule has 0 spiro atoms. The number of nitrogens with zero attached hydrogens (tertiary/aromatic N) is 1. The Balaban J connectivity index is 2.39. The number of aromatic nitrogens is 2. The lowest BCUT2D eigenvalue weighted by Crippen LogP contribution is -2.17. The summed E-state index contributed by atoms with van der Waals surface area (Å²) < 4.78 is 3.26. The van der Waals surface area contributed by atoms with Crippen LogP contribution in [0.1, 0.15) is 31.0 Å². The minimum Gasteiger partial charge on any atom is -0.298 e. The molecule has 1 heterocycles. The fourth-order valence-electron chi connectivity index (χ4n) is 1.77. The van der Waals surface area contributed by atoms with Crippen LogP contribution in [0.4, 0.5) is 0 Å². The zero-order chi connectivity index (χ0) is 13.3. The Morgan fingerprint density at radius 1 is 1.28 bits per heavy atom. The second-order valence-electron chi connectivity index (χ2n) is 4.48. The average Bonchev–Trinajstić information content (AvgIpc) is 2.60. The van der Waals surface area contributed by atoms with E-state index in [1.54, 1.807) is 4.68 Å². The zero-order valence-electron chi connectivity index (χ0n) is 10.2. The van der Waals surface area contributed by atoms with Crippen LogP contribution in [0.5, 0.6) is 0 Å². The van der Waals surface area contributed by atoms with Crippen molar-refractivity contribution < 1.29 is 0 Å². The predicted molar refractivity (Wildman–Crippen MR) is 80.1 cm³/mol. The van der Waals surface area contributed by atoms with Gasteiger partial charge in [-0.15, -0.1) is 0 Å². The maximum absolute atomic E-state index is 12.1. The summed E-state index contributed by atoms with van der Waals surface area (Å²) in [6, 6.07) is 7.90. The largest absolute Gasteiger partial charge is 0.298 e. The van der Waals surface area contributed by atoms with Crippen LogP contribution in [0.2, 0.25) is 0 Å². The highest BCUT2D eigenvalue weighted by Crippen LogP contribution is 2.21. The third-order valence-corrected chi connectivity index (χ3v) is 4.33. The van der Waals surface area contributed by atoms with Crippen molar-refractivity contribution in [3.8, 4) is 0 Å². The Bertz CT molecular complexity index is 614. The molecule has 0 amide bonds. The molecule has 0 aliphatic heterocycles. The number of aromatic amines is 1. The van der Waals surface area contributed by atoms with Gasteiger partial charge in [-0.2, -0.15) is 0 Å². The number of benzene rings is 1. The summed E-state index contributed by atoms with van der Waals surface area (Å²) in [6.45, 7) is 4.64. The number of hydrogen-bond acceptors (Lipinski definition) is 1. The summed E-state index contributed by atoms with van der Waals surface area (Å²) in [6.07, 6.45) is 0. The van der Waals surface area contributed by atoms with Crippen LogP contribution in [-0.4, -0.2) is 9.78 Å². The van der Waals surface area contributed by atoms with Crippen molar-refractivity contribution >= 4 is 31.9 Å². The molecular formula is C13H14Br2N2O. The summed E-state index contributed by atoms with van der Waals surface area (Å²) >= 11 is 6.85. The molecule has 1 aromatic heterocycles. The van der Waals surface area contributed by atoms with E-state index < -0.39 is 0 Å². The van der Waals surface area contributed by atoms with E-state index in [4.69, 9.17) is 0 Å². The van der Waals surface area contributed by atoms with Crippen LogP contribution in [0.15, 0.2) is 38.0 Å². The van der Waals surface area contributed by atoms with Gasteiger partial charge in [0.2, 0.25) is 0 Å². The minimum absolute atomic E-state index is 0.0190. The van der Waals surface area contributed by atoms with Crippen molar-refractivity contribution in [1.29, 1.82) is 0 Å². The number of H-pyrrole nitrogens is 1. The highest BCUT2D eigenvalue weighted by Gasteiger charge is 2.14. The van der Waals surface area contributed by atoms with Crippen molar-refractivity contribution in [1.82, 2.24) is 9.78 Å². The summed E-state index contributed by atoms with van der Waals surface area (Å²) in [5.41, 5.74) is 1.99. The first kappa shape index (κ1) is 13.6. The molecule has 3 nitrogen and oxygen atoms in total. The molecule has 0 unspecified atom stereocenters. The van der Waals surface area contributed by atoms with Gasteiger partial charge in [-0.25, -0.2) is 4.68 Å². The Labute approximate surface area is 122 Å². The van der Waals surface area contributed by atoms with Crippen molar-refractivity contribution in [2.24, 2.45) is 0 Å². The normalized spacial score (nSPS) is 11.2. The third-order valence-electron chi connectivity index (χ3n) is 2.79. The van der Waals surface area contributed by atoms with Gasteiger partial charge >= 0.3 is 0 Å². The monoisotopic (exact) mass is 372 g/mol. The maximum atomic E-state index is 12.1. The van der Waals surface area contributed by atoms with Crippen LogP contribution in [0, 0.1) is 0 Å². The first-order valence-corrected chi connectivity index (χ1v) is 7.31. The smallest absolute Gasteiger partial charge is 0.281 e. The minimum atomic E-state index is -0.0190. The van der Waals surface area contributed by atoms with E-state index in [1.807, 2.05) is 24.3 Å². The van der Waals surface area contributed by atoms with E-state index in [-0.39, 0.29) is 11.5 Å². The molecular weight excluding hydrogens is 360 g/mol. The van der Waals surface area contributed by atoms with Crippen LogP contribution in [-0.2, 0) is 6.54 Å². The topological polar surface area (TPSA) is 37.8 Å². The Hall–Kier alpha value is -0.810. The number of hydrogen-bond donors (Lipinski definition) is 1. The van der Waals surface area contributed by atoms with Gasteiger partial charge in [-0.3, -0.25) is 9.89 Å². The average molecular weight is 374 g/mol. The van der Waals surface area contributed by atoms with E-state index in [0.29, 0.717) is 11.0 Å². The van der Waals surface area contributed by atoms with E-state index in [2.05, 4.69) is 50.8 Å². The highest BCUT2D eigenvalue weighted by atomic mass is 79.9. The molecule has 0 saturated carbocycles. The second-order valence-corrected chi connectivity index (χ2v) is 6.12. The van der Waals surface area contributed by atoms with E-state index >= 15 is 0 Å². The van der Waals surface area contributed by atoms with Gasteiger partial charge in [0.1, 0.15) is 4.47 Å². The van der Waals surface area contributed by atoms with E-state index in [0.717, 1.165) is 15.7 Å². The van der Waals surface area contributed by atoms with Crippen LogP contribution >= 0.6 is 31.9 Å². The van der Waals surface area contributed by atoms with E-state index in [9.17, 15) is 4.79 Å². The van der Waals surface area contributed by atoms with Gasteiger partial charge in [-0.1, -0.05) is 48.0 Å². The van der Waals surface area contributed by atoms with Crippen molar-refractivity contribution in [2.45, 2.75) is 26.3 Å². The summed E-state index contributed by atoms with van der Waals surface area (Å²) in [5.74, 6) is 0.285. The molecule has 0 saturated heterocycles. The number of nitrogens with one attached hydrogen (secondary N) is 1. The van der Waals surface area contributed by atoms with E-state index in [1.165, 1.54) is 0 Å². The van der Waals surface area contributed by atoms with Gasteiger partial charge in [0, 0.05) is 4.47 Å². The third kappa shape index (κ3) is 2.62. The maximum Gasteiger partial charge on any atom is 0.281 e. The molecule has 2 rings (SSSR count). The van der Waals surface area contributed by atoms with Crippen molar-refractivity contribution in [2.75, 3.05) is 0 Å². The second kappa shape index (κ2) is 5.45. The van der Waals surface area contributed by atoms with Crippen molar-refractivity contribution in [3.05, 3.63) is 54.8 Å². The Morgan fingerprint density at radius 3 is 2.50 bits per heavy atom. The van der Waals surface area contributed by atoms with Crippen LogP contribution < -0.4 is 5.56 Å². The molecule has 18 heavy (non-hydrogen) atoms. The zero-order valence-corrected chi connectivity index (χ0v) is 13.4. The quantitative estimate of drug-likeness (QED) is 0.871. The van der Waals surface area contributed by atoms with Gasteiger partial charge in [0.15, 0.2) is 0 Å². The SMILES string of the molecule is CC(C)c1[nH]n(Cc2ccccc2Br)c(=O)c1Br. The Kier molecular flexibility index (Phi) is 4.12. The summed E-state index contributed by atoms with van der Waals surface area (Å²) in [4.78, 5) is 12.1. The summed E-state index contributed by atoms with van der Waals surface area (Å²) in [5, 5.41) is 3.16. The Morgan fingerprint density at radius 2 is 1.94 bits per heavy atom. The van der Waals surface area contributed by atoms with Gasteiger partial charge in [0.25, 0.3) is 5.56 Å². The standard InChI is InChI=1S/C13H14Br2N2O/c1-8(2)12-11(15)13(18)17(16-12)7-9-5-3-4-6-10(9)14/h3-6,8,16H,7H2,1-2H3. The fourth-order valence-corrected chi connectivity index (χ4v) is 2.94.